The van der Waals surface area contributed by atoms with Crippen molar-refractivity contribution in [2.24, 2.45) is 5.92 Å². The van der Waals surface area contributed by atoms with Crippen LogP contribution in [-0.4, -0.2) is 34.4 Å². The smallest absolute Gasteiger partial charge is 0.252 e. The van der Waals surface area contributed by atoms with Crippen LogP contribution in [0.4, 0.5) is 0 Å². The third-order valence-electron chi connectivity index (χ3n) is 3.16. The number of hydrogen-bond acceptors (Lipinski definition) is 3. The Labute approximate surface area is 97.0 Å². The summed E-state index contributed by atoms with van der Waals surface area (Å²) in [5.74, 6) is 0.0976. The van der Waals surface area contributed by atoms with Gasteiger partial charge in [-0.1, -0.05) is 13.8 Å². The molecule has 0 aromatic carbocycles. The normalized spacial score (nSPS) is 21.1. The molecule has 1 atom stereocenters. The molecule has 0 radical (unpaired) electrons. The first kappa shape index (κ1) is 13.5. The molecule has 0 aromatic heterocycles. The molecule has 0 heterocycles. The molecule has 0 aliphatic heterocycles. The molecule has 0 bridgehead atoms. The Hall–Kier alpha value is -0.610. The van der Waals surface area contributed by atoms with Gasteiger partial charge in [0, 0.05) is 0 Å². The minimum atomic E-state index is -1.19. The molecular formula is C12H23NO3. The Morgan fingerprint density at radius 1 is 1.38 bits per heavy atom. The lowest BCUT2D eigenvalue weighted by atomic mass is 9.99. The van der Waals surface area contributed by atoms with Crippen LogP contribution in [-0.2, 0) is 4.79 Å². The van der Waals surface area contributed by atoms with Gasteiger partial charge in [-0.25, -0.2) is 0 Å². The molecule has 1 rings (SSSR count). The minimum absolute atomic E-state index is 0.0694. The van der Waals surface area contributed by atoms with E-state index in [1.54, 1.807) is 0 Å². The maximum atomic E-state index is 11.8. The number of aliphatic hydroxyl groups excluding tert-OH is 1. The van der Waals surface area contributed by atoms with Crippen LogP contribution in [0, 0.1) is 5.92 Å². The number of amides is 1. The number of aliphatic hydroxyl groups is 2. The molecule has 1 aliphatic carbocycles. The SMILES string of the molecule is CC(C)CC(CO)NC(=O)C1(O)CCCC1. The summed E-state index contributed by atoms with van der Waals surface area (Å²) >= 11 is 0. The van der Waals surface area contributed by atoms with E-state index in [-0.39, 0.29) is 18.6 Å². The molecule has 1 amide bonds. The number of carbonyl (C=O) groups is 1. The van der Waals surface area contributed by atoms with E-state index in [2.05, 4.69) is 5.32 Å². The highest BCUT2D eigenvalue weighted by Gasteiger charge is 2.39. The molecule has 0 aromatic rings. The van der Waals surface area contributed by atoms with Gasteiger partial charge >= 0.3 is 0 Å². The maximum Gasteiger partial charge on any atom is 0.252 e. The molecule has 1 fully saturated rings. The van der Waals surface area contributed by atoms with E-state index in [0.29, 0.717) is 18.8 Å². The molecule has 0 spiro atoms. The third-order valence-corrected chi connectivity index (χ3v) is 3.16. The second-order valence-electron chi connectivity index (χ2n) is 5.22. The first-order valence-electron chi connectivity index (χ1n) is 6.12. The van der Waals surface area contributed by atoms with Gasteiger partial charge in [-0.3, -0.25) is 4.79 Å². The van der Waals surface area contributed by atoms with Crippen molar-refractivity contribution in [1.29, 1.82) is 0 Å². The fourth-order valence-corrected chi connectivity index (χ4v) is 2.25. The van der Waals surface area contributed by atoms with E-state index >= 15 is 0 Å². The predicted octanol–water partition coefficient (Wildman–Crippen LogP) is 0.815. The molecule has 94 valence electrons. The highest BCUT2D eigenvalue weighted by Crippen LogP contribution is 2.29. The van der Waals surface area contributed by atoms with Crippen LogP contribution in [0.25, 0.3) is 0 Å². The molecule has 4 nitrogen and oxygen atoms in total. The van der Waals surface area contributed by atoms with Gasteiger partial charge in [0.2, 0.25) is 0 Å². The molecule has 3 N–H and O–H groups in total. The van der Waals surface area contributed by atoms with Gasteiger partial charge in [0.05, 0.1) is 12.6 Å². The van der Waals surface area contributed by atoms with Crippen LogP contribution < -0.4 is 5.32 Å². The average Bonchev–Trinajstić information content (AvgIpc) is 2.64. The summed E-state index contributed by atoms with van der Waals surface area (Å²) in [5.41, 5.74) is -1.19. The lowest BCUT2D eigenvalue weighted by Crippen LogP contribution is -2.50. The van der Waals surface area contributed by atoms with Gasteiger partial charge in [0.1, 0.15) is 5.60 Å². The molecule has 1 aliphatic rings. The largest absolute Gasteiger partial charge is 0.394 e. The van der Waals surface area contributed by atoms with Crippen LogP contribution >= 0.6 is 0 Å². The number of hydrogen-bond donors (Lipinski definition) is 3. The Morgan fingerprint density at radius 2 is 1.94 bits per heavy atom. The van der Waals surface area contributed by atoms with E-state index in [1.165, 1.54) is 0 Å². The quantitative estimate of drug-likeness (QED) is 0.653. The van der Waals surface area contributed by atoms with Gasteiger partial charge in [-0.2, -0.15) is 0 Å². The lowest BCUT2D eigenvalue weighted by molar-refractivity contribution is -0.140. The fraction of sp³-hybridized carbons (Fsp3) is 0.917. The van der Waals surface area contributed by atoms with E-state index in [9.17, 15) is 9.90 Å². The Bertz CT molecular complexity index is 234. The van der Waals surface area contributed by atoms with E-state index in [0.717, 1.165) is 19.3 Å². The first-order chi connectivity index (χ1) is 7.48. The van der Waals surface area contributed by atoms with Gasteiger partial charge in [-0.15, -0.1) is 0 Å². The van der Waals surface area contributed by atoms with Crippen LogP contribution in [0.15, 0.2) is 0 Å². The highest BCUT2D eigenvalue weighted by atomic mass is 16.3. The highest BCUT2D eigenvalue weighted by molar-refractivity contribution is 5.85. The number of carbonyl (C=O) groups excluding carboxylic acids is 1. The first-order valence-corrected chi connectivity index (χ1v) is 6.12. The molecule has 16 heavy (non-hydrogen) atoms. The van der Waals surface area contributed by atoms with Gasteiger partial charge in [-0.05, 0) is 38.0 Å². The van der Waals surface area contributed by atoms with Crippen molar-refractivity contribution in [2.45, 2.75) is 57.6 Å². The van der Waals surface area contributed by atoms with Crippen molar-refractivity contribution < 1.29 is 15.0 Å². The Balaban J connectivity index is 2.48. The minimum Gasteiger partial charge on any atom is -0.394 e. The zero-order valence-electron chi connectivity index (χ0n) is 10.2. The topological polar surface area (TPSA) is 69.6 Å². The summed E-state index contributed by atoms with van der Waals surface area (Å²) in [6.45, 7) is 4.01. The van der Waals surface area contributed by atoms with Crippen molar-refractivity contribution in [3.63, 3.8) is 0 Å². The summed E-state index contributed by atoms with van der Waals surface area (Å²) in [6.07, 6.45) is 3.62. The number of rotatable bonds is 5. The van der Waals surface area contributed by atoms with E-state index in [4.69, 9.17) is 5.11 Å². The predicted molar refractivity (Wildman–Crippen MR) is 61.9 cm³/mol. The van der Waals surface area contributed by atoms with Crippen molar-refractivity contribution in [3.05, 3.63) is 0 Å². The second-order valence-corrected chi connectivity index (χ2v) is 5.22. The van der Waals surface area contributed by atoms with Crippen molar-refractivity contribution in [3.8, 4) is 0 Å². The Kier molecular flexibility index (Phi) is 4.74. The van der Waals surface area contributed by atoms with Crippen LogP contribution in [0.5, 0.6) is 0 Å². The van der Waals surface area contributed by atoms with Crippen LogP contribution in [0.1, 0.15) is 46.0 Å². The van der Waals surface area contributed by atoms with Crippen molar-refractivity contribution in [2.75, 3.05) is 6.61 Å². The monoisotopic (exact) mass is 229 g/mol. The number of nitrogens with one attached hydrogen (secondary N) is 1. The maximum absolute atomic E-state index is 11.8. The molecule has 1 unspecified atom stereocenters. The summed E-state index contributed by atoms with van der Waals surface area (Å²) in [6, 6.07) is -0.239. The lowest BCUT2D eigenvalue weighted by Gasteiger charge is -2.25. The zero-order chi connectivity index (χ0) is 12.2. The second kappa shape index (κ2) is 5.64. The van der Waals surface area contributed by atoms with Gasteiger partial charge in [0.25, 0.3) is 5.91 Å². The van der Waals surface area contributed by atoms with Crippen LogP contribution in [0.3, 0.4) is 0 Å². The van der Waals surface area contributed by atoms with E-state index < -0.39 is 5.60 Å². The molecule has 0 saturated heterocycles. The van der Waals surface area contributed by atoms with Crippen LogP contribution in [0.2, 0.25) is 0 Å². The van der Waals surface area contributed by atoms with E-state index in [1.807, 2.05) is 13.8 Å². The summed E-state index contributed by atoms with van der Waals surface area (Å²) in [7, 11) is 0. The third kappa shape index (κ3) is 3.46. The Morgan fingerprint density at radius 3 is 2.38 bits per heavy atom. The zero-order valence-corrected chi connectivity index (χ0v) is 10.2. The molecular weight excluding hydrogens is 206 g/mol. The standard InChI is InChI=1S/C12H23NO3/c1-9(2)7-10(8-14)13-11(15)12(16)5-3-4-6-12/h9-10,14,16H,3-8H2,1-2H3,(H,13,15). The average molecular weight is 229 g/mol. The summed E-state index contributed by atoms with van der Waals surface area (Å²) in [5, 5.41) is 21.9. The molecule has 1 saturated carbocycles. The van der Waals surface area contributed by atoms with Crippen molar-refractivity contribution >= 4 is 5.91 Å². The van der Waals surface area contributed by atoms with Gasteiger partial charge < -0.3 is 15.5 Å². The fourth-order valence-electron chi connectivity index (χ4n) is 2.25. The molecule has 4 heteroatoms. The summed E-state index contributed by atoms with van der Waals surface area (Å²) in [4.78, 5) is 11.8. The summed E-state index contributed by atoms with van der Waals surface area (Å²) < 4.78 is 0. The van der Waals surface area contributed by atoms with Crippen molar-refractivity contribution in [1.82, 2.24) is 5.32 Å². The van der Waals surface area contributed by atoms with Gasteiger partial charge in [0.15, 0.2) is 0 Å².